The molecule has 7 nitrogen and oxygen atoms in total. The van der Waals surface area contributed by atoms with Crippen molar-refractivity contribution >= 4 is 34.0 Å². The van der Waals surface area contributed by atoms with E-state index in [1.807, 2.05) is 12.1 Å². The normalized spacial score (nSPS) is 15.4. The SMILES string of the molecule is COc1ccc(Cl)c(Nc2ncnc3cc(OC[C@@H]4CO4)c(OC)cc23)c1. The first-order valence-corrected chi connectivity index (χ1v) is 8.73. The molecule has 1 N–H and O–H groups in total. The van der Waals surface area contributed by atoms with Crippen LogP contribution in [0.2, 0.25) is 5.02 Å². The maximum atomic E-state index is 6.30. The third kappa shape index (κ3) is 3.84. The van der Waals surface area contributed by atoms with Crippen molar-refractivity contribution in [3.63, 3.8) is 0 Å². The predicted octanol–water partition coefficient (Wildman–Crippen LogP) is 3.82. The highest BCUT2D eigenvalue weighted by atomic mass is 35.5. The Labute approximate surface area is 161 Å². The molecule has 0 spiro atoms. The molecule has 140 valence electrons. The van der Waals surface area contributed by atoms with Gasteiger partial charge in [-0.25, -0.2) is 9.97 Å². The number of aromatic nitrogens is 2. The summed E-state index contributed by atoms with van der Waals surface area (Å²) in [6.07, 6.45) is 1.64. The molecule has 0 saturated carbocycles. The molecule has 0 aliphatic carbocycles. The summed E-state index contributed by atoms with van der Waals surface area (Å²) in [4.78, 5) is 8.69. The van der Waals surface area contributed by atoms with Crippen molar-refractivity contribution in [2.24, 2.45) is 0 Å². The topological polar surface area (TPSA) is 78.0 Å². The third-order valence-corrected chi connectivity index (χ3v) is 4.50. The number of nitrogens with zero attached hydrogens (tertiary/aromatic N) is 2. The fourth-order valence-corrected chi connectivity index (χ4v) is 2.80. The molecule has 2 aromatic carbocycles. The van der Waals surface area contributed by atoms with Crippen LogP contribution in [0.1, 0.15) is 0 Å². The van der Waals surface area contributed by atoms with Crippen LogP contribution in [0.15, 0.2) is 36.7 Å². The number of fused-ring (bicyclic) bond motifs is 1. The number of anilines is 2. The van der Waals surface area contributed by atoms with Crippen LogP contribution in [0, 0.1) is 0 Å². The molecule has 0 bridgehead atoms. The number of benzene rings is 2. The smallest absolute Gasteiger partial charge is 0.163 e. The molecule has 1 fully saturated rings. The van der Waals surface area contributed by atoms with Gasteiger partial charge in [0.25, 0.3) is 0 Å². The number of hydrogen-bond acceptors (Lipinski definition) is 7. The van der Waals surface area contributed by atoms with Gasteiger partial charge in [-0.1, -0.05) is 11.6 Å². The van der Waals surface area contributed by atoms with Gasteiger partial charge in [-0.3, -0.25) is 0 Å². The molecular formula is C19H18ClN3O4. The summed E-state index contributed by atoms with van der Waals surface area (Å²) in [5.74, 6) is 2.50. The Morgan fingerprint density at radius 2 is 2.00 bits per heavy atom. The van der Waals surface area contributed by atoms with Gasteiger partial charge in [-0.15, -0.1) is 0 Å². The zero-order chi connectivity index (χ0) is 18.8. The lowest BCUT2D eigenvalue weighted by Gasteiger charge is -2.14. The van der Waals surface area contributed by atoms with E-state index < -0.39 is 0 Å². The largest absolute Gasteiger partial charge is 0.497 e. The van der Waals surface area contributed by atoms with Crippen LogP contribution < -0.4 is 19.5 Å². The van der Waals surface area contributed by atoms with Gasteiger partial charge >= 0.3 is 0 Å². The summed E-state index contributed by atoms with van der Waals surface area (Å²) in [5, 5.41) is 4.58. The van der Waals surface area contributed by atoms with Crippen LogP contribution in [0.5, 0.6) is 17.2 Å². The molecule has 0 unspecified atom stereocenters. The van der Waals surface area contributed by atoms with Crippen molar-refractivity contribution < 1.29 is 18.9 Å². The summed E-state index contributed by atoms with van der Waals surface area (Å²) >= 11 is 6.30. The van der Waals surface area contributed by atoms with Crippen LogP contribution in [-0.2, 0) is 4.74 Å². The second-order valence-electron chi connectivity index (χ2n) is 5.98. The average Bonchev–Trinajstić information content (AvgIpc) is 3.52. The molecule has 1 atom stereocenters. The number of methoxy groups -OCH3 is 2. The minimum absolute atomic E-state index is 0.156. The standard InChI is InChI=1S/C19H18ClN3O4/c1-24-11-3-4-14(20)16(5-11)23-19-13-6-17(25-2)18(27-9-12-8-26-12)7-15(13)21-10-22-19/h3-7,10,12H,8-9H2,1-2H3,(H,21,22,23)/t12-/m0/s1. The zero-order valence-corrected chi connectivity index (χ0v) is 15.6. The maximum Gasteiger partial charge on any atom is 0.163 e. The Morgan fingerprint density at radius 1 is 1.15 bits per heavy atom. The van der Waals surface area contributed by atoms with E-state index >= 15 is 0 Å². The third-order valence-electron chi connectivity index (χ3n) is 4.17. The van der Waals surface area contributed by atoms with E-state index in [0.717, 1.165) is 17.5 Å². The lowest BCUT2D eigenvalue weighted by molar-refractivity contribution is 0.252. The summed E-state index contributed by atoms with van der Waals surface area (Å²) in [7, 11) is 3.20. The maximum absolute atomic E-state index is 6.30. The Morgan fingerprint density at radius 3 is 2.74 bits per heavy atom. The second-order valence-corrected chi connectivity index (χ2v) is 6.39. The molecular weight excluding hydrogens is 370 g/mol. The molecule has 1 aromatic heterocycles. The summed E-state index contributed by atoms with van der Waals surface area (Å²) in [6, 6.07) is 9.03. The van der Waals surface area contributed by atoms with Crippen molar-refractivity contribution in [2.45, 2.75) is 6.10 Å². The number of hydrogen-bond donors (Lipinski definition) is 1. The molecule has 3 aromatic rings. The fourth-order valence-electron chi connectivity index (χ4n) is 2.64. The first kappa shape index (κ1) is 17.6. The monoisotopic (exact) mass is 387 g/mol. The Balaban J connectivity index is 1.70. The summed E-state index contributed by atoms with van der Waals surface area (Å²) < 4.78 is 21.7. The van der Waals surface area contributed by atoms with Crippen molar-refractivity contribution in [3.05, 3.63) is 41.7 Å². The van der Waals surface area contributed by atoms with Crippen LogP contribution in [0.4, 0.5) is 11.5 Å². The van der Waals surface area contributed by atoms with Gasteiger partial charge in [0.05, 0.1) is 37.1 Å². The molecule has 27 heavy (non-hydrogen) atoms. The minimum atomic E-state index is 0.156. The number of ether oxygens (including phenoxy) is 4. The van der Waals surface area contributed by atoms with Crippen LogP contribution in [0.25, 0.3) is 10.9 Å². The number of halogens is 1. The Bertz CT molecular complexity index is 979. The van der Waals surface area contributed by atoms with Gasteiger partial charge in [0.1, 0.15) is 30.6 Å². The first-order chi connectivity index (χ1) is 13.2. The molecule has 1 aliphatic rings. The van der Waals surface area contributed by atoms with Gasteiger partial charge in [-0.2, -0.15) is 0 Å². The molecule has 8 heteroatoms. The highest BCUT2D eigenvalue weighted by molar-refractivity contribution is 6.33. The molecule has 0 amide bonds. The van der Waals surface area contributed by atoms with E-state index in [0.29, 0.717) is 40.4 Å². The Kier molecular flexibility index (Phi) is 4.87. The van der Waals surface area contributed by atoms with E-state index in [4.69, 9.17) is 30.5 Å². The number of nitrogens with one attached hydrogen (secondary N) is 1. The number of epoxide rings is 1. The minimum Gasteiger partial charge on any atom is -0.497 e. The van der Waals surface area contributed by atoms with E-state index in [1.54, 1.807) is 32.4 Å². The van der Waals surface area contributed by atoms with Crippen molar-refractivity contribution in [3.8, 4) is 17.2 Å². The van der Waals surface area contributed by atoms with E-state index in [9.17, 15) is 0 Å². The average molecular weight is 388 g/mol. The van der Waals surface area contributed by atoms with Gasteiger partial charge in [-0.05, 0) is 18.2 Å². The highest BCUT2D eigenvalue weighted by Crippen LogP contribution is 2.36. The van der Waals surface area contributed by atoms with Gasteiger partial charge in [0.15, 0.2) is 11.5 Å². The van der Waals surface area contributed by atoms with Crippen LogP contribution in [0.3, 0.4) is 0 Å². The summed E-state index contributed by atoms with van der Waals surface area (Å²) in [5.41, 5.74) is 1.40. The quantitative estimate of drug-likeness (QED) is 0.617. The first-order valence-electron chi connectivity index (χ1n) is 8.35. The molecule has 2 heterocycles. The summed E-state index contributed by atoms with van der Waals surface area (Å²) in [6.45, 7) is 1.21. The fraction of sp³-hybridized carbons (Fsp3) is 0.263. The molecule has 4 rings (SSSR count). The van der Waals surface area contributed by atoms with Crippen LogP contribution in [-0.4, -0.2) is 43.5 Å². The van der Waals surface area contributed by atoms with Crippen molar-refractivity contribution in [2.75, 3.05) is 32.8 Å². The predicted molar refractivity (Wildman–Crippen MR) is 103 cm³/mol. The van der Waals surface area contributed by atoms with E-state index in [2.05, 4.69) is 15.3 Å². The highest BCUT2D eigenvalue weighted by Gasteiger charge is 2.24. The number of rotatable bonds is 7. The van der Waals surface area contributed by atoms with Gasteiger partial charge in [0, 0.05) is 17.5 Å². The lowest BCUT2D eigenvalue weighted by Crippen LogP contribution is -2.05. The van der Waals surface area contributed by atoms with Crippen LogP contribution >= 0.6 is 11.6 Å². The molecule has 1 aliphatic heterocycles. The van der Waals surface area contributed by atoms with Gasteiger partial charge in [0.2, 0.25) is 0 Å². The Hall–Kier alpha value is -2.77. The second kappa shape index (κ2) is 7.46. The zero-order valence-electron chi connectivity index (χ0n) is 14.9. The van der Waals surface area contributed by atoms with Crippen molar-refractivity contribution in [1.82, 2.24) is 9.97 Å². The lowest BCUT2D eigenvalue weighted by atomic mass is 10.2. The molecule has 1 saturated heterocycles. The van der Waals surface area contributed by atoms with E-state index in [1.165, 1.54) is 6.33 Å². The van der Waals surface area contributed by atoms with E-state index in [-0.39, 0.29) is 6.10 Å². The molecule has 0 radical (unpaired) electrons. The van der Waals surface area contributed by atoms with Gasteiger partial charge < -0.3 is 24.3 Å². The van der Waals surface area contributed by atoms with Crippen molar-refractivity contribution in [1.29, 1.82) is 0 Å².